The van der Waals surface area contributed by atoms with Gasteiger partial charge >= 0.3 is 6.09 Å². The molecule has 0 saturated carbocycles. The number of ether oxygens (including phenoxy) is 2. The van der Waals surface area contributed by atoms with Crippen molar-refractivity contribution < 1.29 is 27.5 Å². The zero-order valence-corrected chi connectivity index (χ0v) is 22.3. The second kappa shape index (κ2) is 11.1. The molecule has 194 valence electrons. The van der Waals surface area contributed by atoms with Crippen molar-refractivity contribution in [1.82, 2.24) is 20.1 Å². The van der Waals surface area contributed by atoms with Crippen molar-refractivity contribution in [3.63, 3.8) is 0 Å². The highest BCUT2D eigenvalue weighted by Gasteiger charge is 2.26. The Hall–Kier alpha value is -2.48. The van der Waals surface area contributed by atoms with Crippen molar-refractivity contribution in [2.45, 2.75) is 37.6 Å². The Bertz CT molecular complexity index is 1170. The average molecular weight is 528 g/mol. The summed E-state index contributed by atoms with van der Waals surface area (Å²) in [5.41, 5.74) is 0.210. The lowest BCUT2D eigenvalue weighted by Crippen LogP contribution is -2.52. The molecule has 11 nitrogen and oxygen atoms in total. The molecule has 0 bridgehead atoms. The number of carbonyl (C=O) groups is 2. The topological polar surface area (TPSA) is 130 Å². The molecule has 13 heteroatoms. The fraction of sp³-hybridized carbons (Fsp3) is 0.591. The van der Waals surface area contributed by atoms with Crippen LogP contribution in [0.4, 0.5) is 10.5 Å². The number of thiazole rings is 1. The van der Waals surface area contributed by atoms with E-state index in [-0.39, 0.29) is 22.9 Å². The quantitative estimate of drug-likeness (QED) is 0.530. The highest BCUT2D eigenvalue weighted by atomic mass is 32.2. The number of aromatic nitrogens is 1. The molecule has 2 amide bonds. The molecule has 2 N–H and O–H groups in total. The van der Waals surface area contributed by atoms with Gasteiger partial charge in [0.05, 0.1) is 17.9 Å². The number of anilines is 1. The summed E-state index contributed by atoms with van der Waals surface area (Å²) in [6.45, 7) is 10.7. The zero-order chi connectivity index (χ0) is 25.8. The van der Waals surface area contributed by atoms with Gasteiger partial charge in [-0.2, -0.15) is 0 Å². The molecule has 3 rings (SSSR count). The second-order valence-electron chi connectivity index (χ2n) is 9.19. The largest absolute Gasteiger partial charge is 0.492 e. The number of nitrogens with one attached hydrogen (secondary N) is 2. The number of piperazine rings is 1. The van der Waals surface area contributed by atoms with Crippen molar-refractivity contribution in [3.8, 4) is 5.75 Å². The first kappa shape index (κ1) is 27.1. The van der Waals surface area contributed by atoms with Crippen molar-refractivity contribution in [2.24, 2.45) is 0 Å². The standard InChI is InChI=1S/C22H33N5O6S2/c1-6-32-15-7-8-16-19(25-20(34-16)35(5,30)31)18(15)24-17(28)13-23-14-26-9-11-27(12-10-26)21(29)33-22(2,3)4/h7-8,23H,6,9-14H2,1-5H3,(H,24,28). The van der Waals surface area contributed by atoms with E-state index >= 15 is 0 Å². The number of nitrogens with zero attached hydrogens (tertiary/aromatic N) is 3. The summed E-state index contributed by atoms with van der Waals surface area (Å²) in [6.07, 6.45) is 0.786. The first-order valence-corrected chi connectivity index (χ1v) is 14.1. The van der Waals surface area contributed by atoms with Gasteiger partial charge in [-0.3, -0.25) is 15.0 Å². The van der Waals surface area contributed by atoms with Crippen LogP contribution in [0.2, 0.25) is 0 Å². The number of hydrogen-bond donors (Lipinski definition) is 2. The van der Waals surface area contributed by atoms with Crippen LogP contribution >= 0.6 is 11.3 Å². The average Bonchev–Trinajstić information content (AvgIpc) is 3.20. The number of benzene rings is 1. The summed E-state index contributed by atoms with van der Waals surface area (Å²) < 4.78 is 35.6. The number of sulfone groups is 1. The van der Waals surface area contributed by atoms with Crippen molar-refractivity contribution in [1.29, 1.82) is 0 Å². The zero-order valence-electron chi connectivity index (χ0n) is 20.7. The predicted octanol–water partition coefficient (Wildman–Crippen LogP) is 2.14. The minimum atomic E-state index is -3.48. The molecule has 1 aliphatic rings. The van der Waals surface area contributed by atoms with Gasteiger partial charge in [0.25, 0.3) is 0 Å². The van der Waals surface area contributed by atoms with Gasteiger partial charge in [-0.1, -0.05) is 0 Å². The van der Waals surface area contributed by atoms with E-state index in [9.17, 15) is 18.0 Å². The Kier molecular flexibility index (Phi) is 8.57. The maximum atomic E-state index is 12.7. The van der Waals surface area contributed by atoms with E-state index in [1.54, 1.807) is 17.0 Å². The van der Waals surface area contributed by atoms with E-state index in [2.05, 4.69) is 20.5 Å². The Labute approximate surface area is 209 Å². The highest BCUT2D eigenvalue weighted by Crippen LogP contribution is 2.37. The van der Waals surface area contributed by atoms with Crippen LogP contribution in [0.15, 0.2) is 16.5 Å². The summed E-state index contributed by atoms with van der Waals surface area (Å²) in [5, 5.41) is 5.93. The first-order valence-electron chi connectivity index (χ1n) is 11.3. The predicted molar refractivity (Wildman–Crippen MR) is 135 cm³/mol. The second-order valence-corrected chi connectivity index (χ2v) is 12.4. The molecular weight excluding hydrogens is 494 g/mol. The number of carbonyl (C=O) groups excluding carboxylic acids is 2. The van der Waals surface area contributed by atoms with E-state index < -0.39 is 15.4 Å². The van der Waals surface area contributed by atoms with Crippen LogP contribution in [0, 0.1) is 0 Å². The van der Waals surface area contributed by atoms with Crippen molar-refractivity contribution >= 4 is 49.1 Å². The maximum Gasteiger partial charge on any atom is 0.410 e. The third kappa shape index (κ3) is 7.50. The highest BCUT2D eigenvalue weighted by molar-refractivity contribution is 7.92. The molecule has 0 spiro atoms. The Balaban J connectivity index is 1.55. The van der Waals surface area contributed by atoms with Crippen LogP contribution in [0.1, 0.15) is 27.7 Å². The van der Waals surface area contributed by atoms with Gasteiger partial charge in [0, 0.05) is 39.1 Å². The third-order valence-corrected chi connectivity index (χ3v) is 7.73. The molecule has 1 aliphatic heterocycles. The summed E-state index contributed by atoms with van der Waals surface area (Å²) >= 11 is 1.05. The molecule has 0 unspecified atom stereocenters. The molecule has 1 aromatic carbocycles. The molecule has 35 heavy (non-hydrogen) atoms. The lowest BCUT2D eigenvalue weighted by Gasteiger charge is -2.35. The lowest BCUT2D eigenvalue weighted by molar-refractivity contribution is -0.115. The van der Waals surface area contributed by atoms with Crippen LogP contribution in [0.25, 0.3) is 10.2 Å². The van der Waals surface area contributed by atoms with Crippen molar-refractivity contribution in [2.75, 3.05) is 57.6 Å². The molecular formula is C22H33N5O6S2. The minimum absolute atomic E-state index is 0.0136. The van der Waals surface area contributed by atoms with E-state index in [0.717, 1.165) is 17.6 Å². The van der Waals surface area contributed by atoms with Crippen molar-refractivity contribution in [3.05, 3.63) is 12.1 Å². The smallest absolute Gasteiger partial charge is 0.410 e. The summed E-state index contributed by atoms with van der Waals surface area (Å²) in [6, 6.07) is 3.43. The summed E-state index contributed by atoms with van der Waals surface area (Å²) in [7, 11) is -3.48. The SMILES string of the molecule is CCOc1ccc2sc(S(C)(=O)=O)nc2c1NC(=O)CNCN1CCN(C(=O)OC(C)(C)C)CC1. The normalized spacial score (nSPS) is 15.3. The first-order chi connectivity index (χ1) is 16.4. The van der Waals surface area contributed by atoms with E-state index in [0.29, 0.717) is 61.1 Å². The molecule has 1 aromatic heterocycles. The molecule has 0 aliphatic carbocycles. The number of rotatable bonds is 8. The monoisotopic (exact) mass is 527 g/mol. The maximum absolute atomic E-state index is 12.7. The van der Waals surface area contributed by atoms with Crippen LogP contribution in [-0.4, -0.2) is 93.1 Å². The number of fused-ring (bicyclic) bond motifs is 1. The minimum Gasteiger partial charge on any atom is -0.492 e. The van der Waals surface area contributed by atoms with Crippen LogP contribution in [0.5, 0.6) is 5.75 Å². The van der Waals surface area contributed by atoms with E-state index in [1.165, 1.54) is 0 Å². The fourth-order valence-corrected chi connectivity index (χ4v) is 5.27. The lowest BCUT2D eigenvalue weighted by atomic mass is 10.2. The summed E-state index contributed by atoms with van der Waals surface area (Å²) in [5.74, 6) is 0.122. The Morgan fingerprint density at radius 3 is 2.46 bits per heavy atom. The van der Waals surface area contributed by atoms with Gasteiger partial charge in [0.1, 0.15) is 22.6 Å². The summed E-state index contributed by atoms with van der Waals surface area (Å²) in [4.78, 5) is 32.9. The van der Waals surface area contributed by atoms with E-state index in [4.69, 9.17) is 9.47 Å². The molecule has 2 heterocycles. The molecule has 1 fully saturated rings. The molecule has 1 saturated heterocycles. The van der Waals surface area contributed by atoms with Gasteiger partial charge < -0.3 is 19.7 Å². The van der Waals surface area contributed by atoms with Crippen LogP contribution < -0.4 is 15.4 Å². The molecule has 0 radical (unpaired) electrons. The Morgan fingerprint density at radius 2 is 1.86 bits per heavy atom. The Morgan fingerprint density at radius 1 is 1.17 bits per heavy atom. The fourth-order valence-electron chi connectivity index (χ4n) is 3.44. The van der Waals surface area contributed by atoms with Crippen LogP contribution in [0.3, 0.4) is 0 Å². The van der Waals surface area contributed by atoms with Gasteiger partial charge in [0.15, 0.2) is 0 Å². The number of hydrogen-bond acceptors (Lipinski definition) is 10. The number of amides is 2. The van der Waals surface area contributed by atoms with Gasteiger partial charge in [-0.25, -0.2) is 18.2 Å². The van der Waals surface area contributed by atoms with Gasteiger partial charge in [0.2, 0.25) is 20.1 Å². The molecule has 0 atom stereocenters. The van der Waals surface area contributed by atoms with Gasteiger partial charge in [-0.15, -0.1) is 11.3 Å². The van der Waals surface area contributed by atoms with Crippen LogP contribution in [-0.2, 0) is 19.4 Å². The third-order valence-electron chi connectivity index (χ3n) is 5.03. The van der Waals surface area contributed by atoms with Gasteiger partial charge in [-0.05, 0) is 39.8 Å². The van der Waals surface area contributed by atoms with E-state index in [1.807, 2.05) is 27.7 Å². The molecule has 2 aromatic rings.